The monoisotopic (exact) mass is 469 g/mol. The summed E-state index contributed by atoms with van der Waals surface area (Å²) in [6, 6.07) is 4.05. The predicted molar refractivity (Wildman–Crippen MR) is 101 cm³/mol. The third-order valence-electron chi connectivity index (χ3n) is 4.51. The van der Waals surface area contributed by atoms with Crippen LogP contribution in [0.4, 0.5) is 0 Å². The first-order valence-electron chi connectivity index (χ1n) is 9.36. The standard InChI is InChI=1S/C18H29N7.2ClH.Fe/c1-16-12-17(14-19-22-24-8-4-2-5-9-24)21-18(13-16)15-20-23-25-10-6-3-7-11-25;;;/h12-15,22-23H,2-11H2,1H3;2*1H;/q;;;+2/p-2. The van der Waals surface area contributed by atoms with Crippen LogP contribution in [0.25, 0.3) is 0 Å². The van der Waals surface area contributed by atoms with Crippen LogP contribution in [0.2, 0.25) is 0 Å². The molecule has 2 aliphatic rings. The molecule has 2 fully saturated rings. The molecule has 0 radical (unpaired) electrons. The fourth-order valence-corrected chi connectivity index (χ4v) is 3.20. The molecule has 0 saturated carbocycles. The largest absolute Gasteiger partial charge is 2.00 e. The van der Waals surface area contributed by atoms with E-state index in [9.17, 15) is 0 Å². The minimum Gasteiger partial charge on any atom is -1.00 e. The van der Waals surface area contributed by atoms with Gasteiger partial charge in [-0.2, -0.15) is 10.2 Å². The quantitative estimate of drug-likeness (QED) is 0.253. The molecule has 0 bridgehead atoms. The first-order valence-corrected chi connectivity index (χ1v) is 9.36. The van der Waals surface area contributed by atoms with Gasteiger partial charge in [-0.05, 0) is 50.3 Å². The Labute approximate surface area is 191 Å². The van der Waals surface area contributed by atoms with Crippen LogP contribution >= 0.6 is 0 Å². The molecule has 0 atom stereocenters. The van der Waals surface area contributed by atoms with E-state index in [0.29, 0.717) is 0 Å². The number of hydrogen-bond acceptors (Lipinski definition) is 7. The molecule has 7 nitrogen and oxygen atoms in total. The van der Waals surface area contributed by atoms with Crippen LogP contribution in [0.1, 0.15) is 55.5 Å². The normalized spacial score (nSPS) is 18.2. The molecule has 2 aliphatic heterocycles. The summed E-state index contributed by atoms with van der Waals surface area (Å²) in [4.78, 5) is 4.58. The zero-order valence-electron chi connectivity index (χ0n) is 16.2. The maximum absolute atomic E-state index is 4.58. The number of nitrogens with zero attached hydrogens (tertiary/aromatic N) is 5. The molecule has 158 valence electrons. The van der Waals surface area contributed by atoms with Crippen LogP contribution in [0, 0.1) is 6.92 Å². The van der Waals surface area contributed by atoms with Crippen molar-refractivity contribution in [2.24, 2.45) is 10.2 Å². The molecule has 28 heavy (non-hydrogen) atoms. The van der Waals surface area contributed by atoms with Gasteiger partial charge in [-0.3, -0.25) is 0 Å². The average molecular weight is 470 g/mol. The van der Waals surface area contributed by atoms with E-state index in [1.807, 2.05) is 12.1 Å². The van der Waals surface area contributed by atoms with Crippen molar-refractivity contribution in [3.63, 3.8) is 0 Å². The summed E-state index contributed by atoms with van der Waals surface area (Å²) in [5.74, 6) is 0. The number of pyridine rings is 1. The Morgan fingerprint density at radius 2 is 1.18 bits per heavy atom. The molecule has 10 heteroatoms. The number of hydrazine groups is 2. The number of piperidine rings is 2. The van der Waals surface area contributed by atoms with Crippen LogP contribution in [0.5, 0.6) is 0 Å². The Kier molecular flexibility index (Phi) is 14.5. The summed E-state index contributed by atoms with van der Waals surface area (Å²) < 4.78 is 0. The van der Waals surface area contributed by atoms with Gasteiger partial charge in [0.15, 0.2) is 0 Å². The van der Waals surface area contributed by atoms with Gasteiger partial charge in [-0.15, -0.1) is 0 Å². The molecular formula is C18H29Cl2FeN7. The Morgan fingerprint density at radius 1 is 0.786 bits per heavy atom. The number of halogens is 2. The van der Waals surface area contributed by atoms with Crippen molar-refractivity contribution >= 4 is 12.4 Å². The van der Waals surface area contributed by atoms with Crippen LogP contribution in [-0.4, -0.2) is 53.6 Å². The van der Waals surface area contributed by atoms with E-state index in [1.54, 1.807) is 12.4 Å². The molecule has 1 aromatic rings. The van der Waals surface area contributed by atoms with E-state index in [1.165, 1.54) is 38.5 Å². The molecule has 3 rings (SSSR count). The third kappa shape index (κ3) is 9.54. The maximum Gasteiger partial charge on any atom is 2.00 e. The fraction of sp³-hybridized carbons (Fsp3) is 0.611. The summed E-state index contributed by atoms with van der Waals surface area (Å²) >= 11 is 0. The second-order valence-corrected chi connectivity index (χ2v) is 6.81. The van der Waals surface area contributed by atoms with E-state index in [2.05, 4.69) is 43.2 Å². The van der Waals surface area contributed by atoms with E-state index in [4.69, 9.17) is 0 Å². The minimum atomic E-state index is 0. The number of aromatic nitrogens is 1. The number of hydrogen-bond donors (Lipinski definition) is 2. The van der Waals surface area contributed by atoms with E-state index < -0.39 is 0 Å². The first-order chi connectivity index (χ1) is 12.3. The molecule has 0 spiro atoms. The van der Waals surface area contributed by atoms with Crippen molar-refractivity contribution in [3.8, 4) is 0 Å². The second-order valence-electron chi connectivity index (χ2n) is 6.81. The SMILES string of the molecule is Cc1cc(C=NNN2CCCCC2)nc(C=NNN2CCCCC2)c1.[Cl-].[Cl-].[Fe+2]. The van der Waals surface area contributed by atoms with Crippen molar-refractivity contribution in [2.75, 3.05) is 26.2 Å². The molecule has 3 heterocycles. The Balaban J connectivity index is 0.00000243. The van der Waals surface area contributed by atoms with Crippen LogP contribution in [0.3, 0.4) is 0 Å². The molecule has 2 N–H and O–H groups in total. The molecule has 0 amide bonds. The predicted octanol–water partition coefficient (Wildman–Crippen LogP) is -3.96. The number of hydrazone groups is 2. The van der Waals surface area contributed by atoms with Gasteiger partial charge in [0, 0.05) is 26.2 Å². The van der Waals surface area contributed by atoms with Crippen molar-refractivity contribution in [3.05, 3.63) is 29.1 Å². The van der Waals surface area contributed by atoms with Gasteiger partial charge in [0.25, 0.3) is 0 Å². The zero-order chi connectivity index (χ0) is 17.3. The molecule has 0 aromatic carbocycles. The summed E-state index contributed by atoms with van der Waals surface area (Å²) in [5.41, 5.74) is 9.03. The zero-order valence-corrected chi connectivity index (χ0v) is 18.8. The smallest absolute Gasteiger partial charge is 1.00 e. The van der Waals surface area contributed by atoms with Gasteiger partial charge in [-0.25, -0.2) is 26.1 Å². The maximum atomic E-state index is 4.58. The van der Waals surface area contributed by atoms with Crippen molar-refractivity contribution in [1.29, 1.82) is 0 Å². The topological polar surface area (TPSA) is 68.1 Å². The summed E-state index contributed by atoms with van der Waals surface area (Å²) in [5, 5.41) is 12.9. The van der Waals surface area contributed by atoms with E-state index in [0.717, 1.165) is 43.1 Å². The number of rotatable bonds is 6. The van der Waals surface area contributed by atoms with Gasteiger partial charge in [0.2, 0.25) is 0 Å². The third-order valence-corrected chi connectivity index (χ3v) is 4.51. The molecule has 2 saturated heterocycles. The van der Waals surface area contributed by atoms with E-state index in [-0.39, 0.29) is 41.9 Å². The average Bonchev–Trinajstić information content (AvgIpc) is 2.63. The van der Waals surface area contributed by atoms with Crippen LogP contribution in [-0.2, 0) is 17.1 Å². The van der Waals surface area contributed by atoms with Crippen molar-refractivity contribution < 1.29 is 41.9 Å². The minimum absolute atomic E-state index is 0. The summed E-state index contributed by atoms with van der Waals surface area (Å²) in [6.45, 7) is 6.28. The fourth-order valence-electron chi connectivity index (χ4n) is 3.20. The number of nitrogens with one attached hydrogen (secondary N) is 2. The molecule has 0 unspecified atom stereocenters. The van der Waals surface area contributed by atoms with E-state index >= 15 is 0 Å². The van der Waals surface area contributed by atoms with Gasteiger partial charge in [-0.1, -0.05) is 12.8 Å². The van der Waals surface area contributed by atoms with Crippen LogP contribution in [0.15, 0.2) is 22.3 Å². The summed E-state index contributed by atoms with van der Waals surface area (Å²) in [7, 11) is 0. The van der Waals surface area contributed by atoms with Gasteiger partial charge in [0.05, 0.1) is 23.8 Å². The van der Waals surface area contributed by atoms with Crippen molar-refractivity contribution in [1.82, 2.24) is 26.1 Å². The second kappa shape index (κ2) is 15.0. The Morgan fingerprint density at radius 3 is 1.57 bits per heavy atom. The first kappa shape index (κ1) is 27.1. The van der Waals surface area contributed by atoms with Gasteiger partial charge in [0.1, 0.15) is 0 Å². The summed E-state index contributed by atoms with van der Waals surface area (Å²) in [6.07, 6.45) is 11.1. The van der Waals surface area contributed by atoms with Gasteiger partial charge >= 0.3 is 17.1 Å². The number of aryl methyl sites for hydroxylation is 1. The molecular weight excluding hydrogens is 441 g/mol. The molecule has 1 aromatic heterocycles. The van der Waals surface area contributed by atoms with Crippen molar-refractivity contribution in [2.45, 2.75) is 45.4 Å². The van der Waals surface area contributed by atoms with Crippen LogP contribution < -0.4 is 35.9 Å². The molecule has 0 aliphatic carbocycles. The Bertz CT molecular complexity index is 555. The Hall–Kier alpha value is -0.891. The van der Waals surface area contributed by atoms with Gasteiger partial charge < -0.3 is 24.8 Å².